The third kappa shape index (κ3) is 8.94. The van der Waals surface area contributed by atoms with Gasteiger partial charge < -0.3 is 9.64 Å². The number of hydrogen-bond donors (Lipinski definition) is 0. The van der Waals surface area contributed by atoms with Crippen LogP contribution in [0.15, 0.2) is 39.9 Å². The number of benzene rings is 1. The molecule has 5 heteroatoms. The molecule has 0 unspecified atom stereocenters. The van der Waals surface area contributed by atoms with E-state index in [-0.39, 0.29) is 11.4 Å². The van der Waals surface area contributed by atoms with Gasteiger partial charge in [-0.05, 0) is 75.3 Å². The Morgan fingerprint density at radius 1 is 1.27 bits per heavy atom. The minimum atomic E-state index is -0.314. The molecule has 0 aliphatic carbocycles. The van der Waals surface area contributed by atoms with Gasteiger partial charge in [0.25, 0.3) is 5.91 Å². The molecule has 0 radical (unpaired) electrons. The van der Waals surface area contributed by atoms with Crippen LogP contribution >= 0.6 is 11.8 Å². The Hall–Kier alpha value is -1.59. The van der Waals surface area contributed by atoms with Crippen LogP contribution in [0.2, 0.25) is 0 Å². The number of amides is 1. The first kappa shape index (κ1) is 27.7. The van der Waals surface area contributed by atoms with E-state index in [1.807, 2.05) is 29.0 Å². The predicted octanol–water partition coefficient (Wildman–Crippen LogP) is 6.71. The van der Waals surface area contributed by atoms with Gasteiger partial charge in [-0.1, -0.05) is 51.8 Å². The molecule has 1 heterocycles. The topological polar surface area (TPSA) is 41.9 Å². The summed E-state index contributed by atoms with van der Waals surface area (Å²) < 4.78 is 5.61. The lowest BCUT2D eigenvalue weighted by molar-refractivity contribution is -0.142. The molecular weight excluding hydrogens is 428 g/mol. The van der Waals surface area contributed by atoms with Gasteiger partial charge in [-0.15, -0.1) is 11.8 Å². The molecule has 184 valence electrons. The van der Waals surface area contributed by atoms with E-state index in [0.717, 1.165) is 32.1 Å². The molecule has 2 rings (SSSR count). The highest BCUT2D eigenvalue weighted by Crippen LogP contribution is 2.26. The van der Waals surface area contributed by atoms with Gasteiger partial charge in [-0.25, -0.2) is 0 Å². The number of morpholine rings is 1. The van der Waals surface area contributed by atoms with Crippen molar-refractivity contribution in [2.75, 3.05) is 26.0 Å². The summed E-state index contributed by atoms with van der Waals surface area (Å²) in [4.78, 5) is 21.4. The van der Waals surface area contributed by atoms with Gasteiger partial charge in [0.1, 0.15) is 5.70 Å². The van der Waals surface area contributed by atoms with E-state index in [1.54, 1.807) is 0 Å². The fraction of sp³-hybridized carbons (Fsp3) is 0.643. The number of ether oxygens (including phenoxy) is 1. The van der Waals surface area contributed by atoms with Gasteiger partial charge in [0.2, 0.25) is 0 Å². The highest BCUT2D eigenvalue weighted by molar-refractivity contribution is 7.98. The smallest absolute Gasteiger partial charge is 0.272 e. The highest BCUT2D eigenvalue weighted by Gasteiger charge is 2.35. The molecule has 1 aliphatic rings. The molecule has 0 aromatic heterocycles. The Balaban J connectivity index is 2.14. The highest BCUT2D eigenvalue weighted by atomic mass is 32.2. The van der Waals surface area contributed by atoms with E-state index < -0.39 is 0 Å². The van der Waals surface area contributed by atoms with Crippen molar-refractivity contribution in [1.29, 1.82) is 0 Å². The van der Waals surface area contributed by atoms with Crippen molar-refractivity contribution in [2.45, 2.75) is 90.0 Å². The number of aryl methyl sites for hydroxylation is 1. The molecule has 0 atom stereocenters. The van der Waals surface area contributed by atoms with E-state index in [1.165, 1.54) is 28.9 Å². The molecule has 1 fully saturated rings. The number of nitrogens with zero attached hydrogens (tertiary/aromatic N) is 2. The Morgan fingerprint density at radius 2 is 2.06 bits per heavy atom. The average Bonchev–Trinajstić information content (AvgIpc) is 2.77. The molecule has 33 heavy (non-hydrogen) atoms. The Bertz CT molecular complexity index is 814. The van der Waals surface area contributed by atoms with Crippen LogP contribution in [0.3, 0.4) is 0 Å². The van der Waals surface area contributed by atoms with Crippen LogP contribution in [0, 0.1) is 5.92 Å². The van der Waals surface area contributed by atoms with Crippen LogP contribution in [0.5, 0.6) is 0 Å². The van der Waals surface area contributed by atoms with Crippen LogP contribution in [-0.2, 0) is 22.4 Å². The summed E-state index contributed by atoms with van der Waals surface area (Å²) in [6.07, 6.45) is 13.3. The van der Waals surface area contributed by atoms with Crippen molar-refractivity contribution in [1.82, 2.24) is 4.90 Å². The summed E-state index contributed by atoms with van der Waals surface area (Å²) >= 11 is 1.82. The van der Waals surface area contributed by atoms with Gasteiger partial charge >= 0.3 is 0 Å². The lowest BCUT2D eigenvalue weighted by Crippen LogP contribution is -2.55. The molecule has 0 saturated carbocycles. The lowest BCUT2D eigenvalue weighted by Gasteiger charge is -2.42. The van der Waals surface area contributed by atoms with Crippen molar-refractivity contribution in [3.63, 3.8) is 0 Å². The van der Waals surface area contributed by atoms with Crippen molar-refractivity contribution in [3.8, 4) is 0 Å². The fourth-order valence-electron chi connectivity index (χ4n) is 4.15. The summed E-state index contributed by atoms with van der Waals surface area (Å²) in [6.45, 7) is 12.6. The Morgan fingerprint density at radius 3 is 2.73 bits per heavy atom. The van der Waals surface area contributed by atoms with Crippen molar-refractivity contribution in [3.05, 3.63) is 41.1 Å². The summed E-state index contributed by atoms with van der Waals surface area (Å²) in [5.74, 6) is 0.671. The Labute approximate surface area is 206 Å². The SMILES string of the molecule is CCCCC/C=N/C(=C/CCc1ccc(CC(C)C)c(SC)c1)C(=O)N1CCOCC1(C)C. The van der Waals surface area contributed by atoms with E-state index in [2.05, 4.69) is 64.1 Å². The predicted molar refractivity (Wildman–Crippen MR) is 142 cm³/mol. The average molecular weight is 473 g/mol. The first-order valence-electron chi connectivity index (χ1n) is 12.6. The standard InChI is InChI=1S/C28H44N2O2S/c1-7-8-9-10-16-29-25(27(31)30-17-18-32-21-28(30,4)5)13-11-12-23-14-15-24(19-22(2)3)26(20-23)33-6/h13-16,20,22H,7-12,17-19,21H2,1-6H3/b25-13+,29-16+. The Kier molecular flexibility index (Phi) is 11.7. The second-order valence-corrected chi connectivity index (χ2v) is 10.8. The van der Waals surface area contributed by atoms with Gasteiger partial charge in [0, 0.05) is 17.7 Å². The quantitative estimate of drug-likeness (QED) is 0.147. The third-order valence-electron chi connectivity index (χ3n) is 6.03. The number of thioether (sulfide) groups is 1. The molecule has 1 aromatic rings. The first-order valence-corrected chi connectivity index (χ1v) is 13.8. The van der Waals surface area contributed by atoms with Crippen molar-refractivity contribution >= 4 is 23.9 Å². The molecule has 1 saturated heterocycles. The summed E-state index contributed by atoms with van der Waals surface area (Å²) in [5, 5.41) is 0. The molecule has 4 nitrogen and oxygen atoms in total. The largest absolute Gasteiger partial charge is 0.377 e. The van der Waals surface area contributed by atoms with Crippen LogP contribution in [-0.4, -0.2) is 48.6 Å². The van der Waals surface area contributed by atoms with Crippen LogP contribution in [0.25, 0.3) is 0 Å². The van der Waals surface area contributed by atoms with E-state index >= 15 is 0 Å². The number of carbonyl (C=O) groups is 1. The molecular formula is C28H44N2O2S. The molecule has 0 spiro atoms. The van der Waals surface area contributed by atoms with Gasteiger partial charge in [-0.2, -0.15) is 0 Å². The fourth-order valence-corrected chi connectivity index (χ4v) is 4.83. The summed E-state index contributed by atoms with van der Waals surface area (Å²) in [7, 11) is 0. The normalized spacial score (nSPS) is 16.7. The zero-order valence-corrected chi connectivity index (χ0v) is 22.5. The van der Waals surface area contributed by atoms with Crippen molar-refractivity contribution in [2.24, 2.45) is 10.9 Å². The molecule has 0 bridgehead atoms. The lowest BCUT2D eigenvalue weighted by atomic mass is 10.00. The zero-order chi connectivity index (χ0) is 24.3. The molecule has 0 N–H and O–H groups in total. The maximum atomic E-state index is 13.4. The number of rotatable bonds is 12. The van der Waals surface area contributed by atoms with Crippen LogP contribution in [0.1, 0.15) is 77.8 Å². The van der Waals surface area contributed by atoms with E-state index in [0.29, 0.717) is 31.4 Å². The second kappa shape index (κ2) is 14.0. The van der Waals surface area contributed by atoms with Gasteiger partial charge in [0.05, 0.1) is 18.8 Å². The van der Waals surface area contributed by atoms with Crippen LogP contribution in [0.4, 0.5) is 0 Å². The van der Waals surface area contributed by atoms with E-state index in [4.69, 9.17) is 4.74 Å². The minimum Gasteiger partial charge on any atom is -0.377 e. The van der Waals surface area contributed by atoms with Crippen molar-refractivity contribution < 1.29 is 9.53 Å². The number of allylic oxidation sites excluding steroid dienone is 1. The monoisotopic (exact) mass is 472 g/mol. The summed E-state index contributed by atoms with van der Waals surface area (Å²) in [6, 6.07) is 6.84. The number of carbonyl (C=O) groups excluding carboxylic acids is 1. The van der Waals surface area contributed by atoms with E-state index in [9.17, 15) is 4.79 Å². The molecule has 1 amide bonds. The minimum absolute atomic E-state index is 0.0205. The first-order chi connectivity index (χ1) is 15.8. The molecule has 1 aromatic carbocycles. The number of hydrogen-bond acceptors (Lipinski definition) is 4. The number of unbranched alkanes of at least 4 members (excludes halogenated alkanes) is 3. The second-order valence-electron chi connectivity index (χ2n) is 10.0. The molecule has 1 aliphatic heterocycles. The maximum Gasteiger partial charge on any atom is 0.272 e. The van der Waals surface area contributed by atoms with Gasteiger partial charge in [0.15, 0.2) is 0 Å². The maximum absolute atomic E-state index is 13.4. The summed E-state index contributed by atoms with van der Waals surface area (Å²) in [5.41, 5.74) is 3.00. The zero-order valence-electron chi connectivity index (χ0n) is 21.7. The van der Waals surface area contributed by atoms with Gasteiger partial charge in [-0.3, -0.25) is 9.79 Å². The number of aliphatic imine (C=N–C) groups is 1. The van der Waals surface area contributed by atoms with Crippen LogP contribution < -0.4 is 0 Å². The third-order valence-corrected chi connectivity index (χ3v) is 6.85.